The zero-order chi connectivity index (χ0) is 23.1. The number of benzene rings is 3. The van der Waals surface area contributed by atoms with Crippen LogP contribution in [0.4, 0.5) is 0 Å². The standard InChI is InChI=1S/C29H27N3O2/c1-2-34-26-14-8-5-11-23(26)28-27-22(21-10-4-7-13-25(21)30-27)15-16-32(28)18-20-17-19-9-3-6-12-24(19)31-29(20)33/h3-14,17,28,30H,2,15-16,18H2,1H3,(H,31,33). The molecule has 1 atom stereocenters. The van der Waals surface area contributed by atoms with E-state index >= 15 is 0 Å². The summed E-state index contributed by atoms with van der Waals surface area (Å²) >= 11 is 0. The van der Waals surface area contributed by atoms with Gasteiger partial charge in [-0.15, -0.1) is 0 Å². The van der Waals surface area contributed by atoms with E-state index in [2.05, 4.69) is 51.3 Å². The summed E-state index contributed by atoms with van der Waals surface area (Å²) in [6.07, 6.45) is 0.929. The van der Waals surface area contributed by atoms with Crippen LogP contribution in [0.3, 0.4) is 0 Å². The minimum absolute atomic E-state index is 0.0296. The Morgan fingerprint density at radius 1 is 0.941 bits per heavy atom. The zero-order valence-electron chi connectivity index (χ0n) is 19.2. The smallest absolute Gasteiger partial charge is 0.252 e. The Hall–Kier alpha value is -3.83. The number of fused-ring (bicyclic) bond motifs is 4. The Morgan fingerprint density at radius 3 is 2.59 bits per heavy atom. The molecule has 0 aliphatic carbocycles. The number of hydrogen-bond donors (Lipinski definition) is 2. The number of nitrogens with one attached hydrogen (secondary N) is 2. The third-order valence-electron chi connectivity index (χ3n) is 6.85. The molecule has 0 spiro atoms. The summed E-state index contributed by atoms with van der Waals surface area (Å²) in [5, 5.41) is 2.33. The molecule has 3 aromatic carbocycles. The van der Waals surface area contributed by atoms with Gasteiger partial charge in [0.25, 0.3) is 5.56 Å². The number of pyridine rings is 1. The van der Waals surface area contributed by atoms with E-state index in [1.54, 1.807) is 0 Å². The van der Waals surface area contributed by atoms with E-state index in [9.17, 15) is 4.79 Å². The van der Waals surface area contributed by atoms with Gasteiger partial charge in [0.2, 0.25) is 0 Å². The maximum atomic E-state index is 13.0. The lowest BCUT2D eigenvalue weighted by Gasteiger charge is -2.36. The van der Waals surface area contributed by atoms with Gasteiger partial charge in [0.1, 0.15) is 5.75 Å². The van der Waals surface area contributed by atoms with Crippen LogP contribution in [0.25, 0.3) is 21.8 Å². The van der Waals surface area contributed by atoms with Crippen LogP contribution < -0.4 is 10.3 Å². The molecule has 0 fully saturated rings. The zero-order valence-corrected chi connectivity index (χ0v) is 19.2. The predicted molar refractivity (Wildman–Crippen MR) is 136 cm³/mol. The second-order valence-corrected chi connectivity index (χ2v) is 8.87. The fraction of sp³-hybridized carbons (Fsp3) is 0.207. The molecule has 0 saturated carbocycles. The van der Waals surface area contributed by atoms with Crippen molar-refractivity contribution < 1.29 is 4.74 Å². The van der Waals surface area contributed by atoms with Crippen LogP contribution in [0.1, 0.15) is 35.3 Å². The molecule has 5 aromatic rings. The van der Waals surface area contributed by atoms with Crippen molar-refractivity contribution in [3.05, 3.63) is 112 Å². The second kappa shape index (κ2) is 8.50. The van der Waals surface area contributed by atoms with Crippen molar-refractivity contribution in [3.8, 4) is 5.75 Å². The third kappa shape index (κ3) is 3.49. The fourth-order valence-corrected chi connectivity index (χ4v) is 5.34. The molecule has 1 aliphatic heterocycles. The molecular formula is C29H27N3O2. The van der Waals surface area contributed by atoms with Crippen molar-refractivity contribution in [2.75, 3.05) is 13.2 Å². The molecule has 1 aliphatic rings. The van der Waals surface area contributed by atoms with Gasteiger partial charge >= 0.3 is 0 Å². The van der Waals surface area contributed by atoms with Crippen LogP contribution in [-0.2, 0) is 13.0 Å². The third-order valence-corrected chi connectivity index (χ3v) is 6.85. The lowest BCUT2D eigenvalue weighted by atomic mass is 9.91. The van der Waals surface area contributed by atoms with Gasteiger partial charge in [0, 0.05) is 46.3 Å². The normalized spacial score (nSPS) is 16.1. The first-order chi connectivity index (χ1) is 16.7. The SMILES string of the molecule is CCOc1ccccc1C1c2[nH]c3ccccc3c2CCN1Cc1cc2ccccc2[nH]c1=O. The Kier molecular flexibility index (Phi) is 5.19. The lowest BCUT2D eigenvalue weighted by molar-refractivity contribution is 0.196. The average Bonchev–Trinajstić information content (AvgIpc) is 3.24. The van der Waals surface area contributed by atoms with Crippen LogP contribution in [0.15, 0.2) is 83.7 Å². The Labute approximate surface area is 198 Å². The molecule has 5 nitrogen and oxygen atoms in total. The van der Waals surface area contributed by atoms with Crippen LogP contribution >= 0.6 is 0 Å². The van der Waals surface area contributed by atoms with E-state index in [-0.39, 0.29) is 11.6 Å². The van der Waals surface area contributed by atoms with Crippen LogP contribution in [0.5, 0.6) is 5.75 Å². The van der Waals surface area contributed by atoms with E-state index in [4.69, 9.17) is 4.74 Å². The van der Waals surface area contributed by atoms with Crippen LogP contribution in [-0.4, -0.2) is 28.0 Å². The van der Waals surface area contributed by atoms with Gasteiger partial charge in [-0.3, -0.25) is 9.69 Å². The fourth-order valence-electron chi connectivity index (χ4n) is 5.34. The van der Waals surface area contributed by atoms with Gasteiger partial charge in [0.05, 0.1) is 12.6 Å². The summed E-state index contributed by atoms with van der Waals surface area (Å²) in [4.78, 5) is 22.2. The van der Waals surface area contributed by atoms with E-state index in [1.807, 2.05) is 49.4 Å². The van der Waals surface area contributed by atoms with Crippen molar-refractivity contribution in [1.82, 2.24) is 14.9 Å². The van der Waals surface area contributed by atoms with E-state index in [1.165, 1.54) is 16.6 Å². The minimum Gasteiger partial charge on any atom is -0.494 e. The molecule has 34 heavy (non-hydrogen) atoms. The van der Waals surface area contributed by atoms with Crippen molar-refractivity contribution in [2.45, 2.75) is 25.9 Å². The maximum Gasteiger partial charge on any atom is 0.252 e. The average molecular weight is 450 g/mol. The topological polar surface area (TPSA) is 61.1 Å². The highest BCUT2D eigenvalue weighted by molar-refractivity contribution is 5.85. The van der Waals surface area contributed by atoms with Gasteiger partial charge in [-0.1, -0.05) is 54.6 Å². The second-order valence-electron chi connectivity index (χ2n) is 8.87. The van der Waals surface area contributed by atoms with Gasteiger partial charge in [-0.2, -0.15) is 0 Å². The first-order valence-corrected chi connectivity index (χ1v) is 11.9. The Balaban J connectivity index is 1.49. The number of rotatable bonds is 5. The highest BCUT2D eigenvalue weighted by Crippen LogP contribution is 2.42. The largest absolute Gasteiger partial charge is 0.494 e. The van der Waals surface area contributed by atoms with Crippen molar-refractivity contribution >= 4 is 21.8 Å². The maximum absolute atomic E-state index is 13.0. The number of aromatic amines is 2. The van der Waals surface area contributed by atoms with E-state index in [0.717, 1.165) is 46.3 Å². The monoisotopic (exact) mass is 449 g/mol. The first kappa shape index (κ1) is 20.8. The molecule has 2 N–H and O–H groups in total. The predicted octanol–water partition coefficient (Wildman–Crippen LogP) is 5.56. The highest BCUT2D eigenvalue weighted by Gasteiger charge is 2.33. The van der Waals surface area contributed by atoms with E-state index < -0.39 is 0 Å². The number of ether oxygens (including phenoxy) is 1. The molecule has 170 valence electrons. The number of nitrogens with zero attached hydrogens (tertiary/aromatic N) is 1. The van der Waals surface area contributed by atoms with Crippen molar-refractivity contribution in [2.24, 2.45) is 0 Å². The Bertz CT molecular complexity index is 1550. The molecular weight excluding hydrogens is 422 g/mol. The number of H-pyrrole nitrogens is 2. The summed E-state index contributed by atoms with van der Waals surface area (Å²) in [5.74, 6) is 0.888. The summed E-state index contributed by atoms with van der Waals surface area (Å²) in [5.41, 5.74) is 6.43. The molecule has 6 rings (SSSR count). The molecule has 1 unspecified atom stereocenters. The lowest BCUT2D eigenvalue weighted by Crippen LogP contribution is -2.37. The number of aromatic nitrogens is 2. The van der Waals surface area contributed by atoms with Gasteiger partial charge in [0.15, 0.2) is 0 Å². The summed E-state index contributed by atoms with van der Waals surface area (Å²) in [6, 6.07) is 26.7. The minimum atomic E-state index is -0.0372. The highest BCUT2D eigenvalue weighted by atomic mass is 16.5. The van der Waals surface area contributed by atoms with E-state index in [0.29, 0.717) is 13.2 Å². The molecule has 0 saturated heterocycles. The van der Waals surface area contributed by atoms with Gasteiger partial charge in [-0.05, 0) is 48.6 Å². The van der Waals surface area contributed by atoms with Gasteiger partial charge in [-0.25, -0.2) is 0 Å². The van der Waals surface area contributed by atoms with Crippen LogP contribution in [0, 0.1) is 0 Å². The molecule has 0 bridgehead atoms. The van der Waals surface area contributed by atoms with Crippen molar-refractivity contribution in [3.63, 3.8) is 0 Å². The first-order valence-electron chi connectivity index (χ1n) is 11.9. The quantitative estimate of drug-likeness (QED) is 0.370. The molecule has 2 aromatic heterocycles. The van der Waals surface area contributed by atoms with Crippen LogP contribution in [0.2, 0.25) is 0 Å². The molecule has 0 radical (unpaired) electrons. The molecule has 3 heterocycles. The Morgan fingerprint density at radius 2 is 1.71 bits per heavy atom. The molecule has 0 amide bonds. The summed E-state index contributed by atoms with van der Waals surface area (Å²) in [7, 11) is 0. The molecule has 5 heteroatoms. The number of para-hydroxylation sites is 3. The summed E-state index contributed by atoms with van der Waals surface area (Å²) < 4.78 is 6.05. The number of hydrogen-bond acceptors (Lipinski definition) is 3. The van der Waals surface area contributed by atoms with Gasteiger partial charge < -0.3 is 14.7 Å². The van der Waals surface area contributed by atoms with Crippen molar-refractivity contribution in [1.29, 1.82) is 0 Å². The summed E-state index contributed by atoms with van der Waals surface area (Å²) in [6.45, 7) is 4.03.